The number of carbonyl (C=O) groups is 2. The van der Waals surface area contributed by atoms with E-state index in [-0.39, 0.29) is 12.5 Å². The number of aliphatic carboxylic acids is 1. The molecule has 0 radical (unpaired) electrons. The van der Waals surface area contributed by atoms with Crippen LogP contribution in [0, 0.1) is 6.92 Å². The maximum absolute atomic E-state index is 11.6. The predicted molar refractivity (Wildman–Crippen MR) is 77.6 cm³/mol. The number of carboxylic acids is 1. The molecule has 0 atom stereocenters. The summed E-state index contributed by atoms with van der Waals surface area (Å²) in [5.41, 5.74) is 2.35. The molecule has 0 bridgehead atoms. The Hall–Kier alpha value is -2.14. The normalized spacial score (nSPS) is 10.7. The SMILES string of the molecule is CCCOCC(=O)Nc1ccc(/C=C/C(=O)O)c(C)c1. The molecule has 0 saturated heterocycles. The molecular weight excluding hydrogens is 258 g/mol. The van der Waals surface area contributed by atoms with Gasteiger partial charge in [-0.3, -0.25) is 4.79 Å². The fourth-order valence-corrected chi connectivity index (χ4v) is 1.61. The third-order valence-electron chi connectivity index (χ3n) is 2.54. The number of amides is 1. The van der Waals surface area contributed by atoms with Crippen LogP contribution in [0.3, 0.4) is 0 Å². The van der Waals surface area contributed by atoms with E-state index in [1.807, 2.05) is 13.8 Å². The van der Waals surface area contributed by atoms with E-state index in [9.17, 15) is 9.59 Å². The lowest BCUT2D eigenvalue weighted by atomic mass is 10.1. The van der Waals surface area contributed by atoms with Crippen molar-refractivity contribution in [3.63, 3.8) is 0 Å². The van der Waals surface area contributed by atoms with Crippen molar-refractivity contribution in [1.82, 2.24) is 0 Å². The summed E-state index contributed by atoms with van der Waals surface area (Å²) in [5.74, 6) is -1.19. The lowest BCUT2D eigenvalue weighted by molar-refractivity contribution is -0.131. The number of benzene rings is 1. The summed E-state index contributed by atoms with van der Waals surface area (Å²) < 4.78 is 5.15. The smallest absolute Gasteiger partial charge is 0.328 e. The van der Waals surface area contributed by atoms with Gasteiger partial charge in [-0.25, -0.2) is 4.79 Å². The third kappa shape index (κ3) is 5.67. The standard InChI is InChI=1S/C15H19NO4/c1-3-8-20-10-14(17)16-13-6-4-12(11(2)9-13)5-7-15(18)19/h4-7,9H,3,8,10H2,1-2H3,(H,16,17)(H,18,19)/b7-5+. The summed E-state index contributed by atoms with van der Waals surface area (Å²) in [6.45, 7) is 4.42. The first-order chi connectivity index (χ1) is 9.52. The Balaban J connectivity index is 2.63. The molecule has 0 aliphatic carbocycles. The minimum absolute atomic E-state index is 0.0353. The molecule has 108 valence electrons. The molecule has 0 aliphatic heterocycles. The Labute approximate surface area is 118 Å². The van der Waals surface area contributed by atoms with E-state index in [1.54, 1.807) is 18.2 Å². The first-order valence-electron chi connectivity index (χ1n) is 6.42. The summed E-state index contributed by atoms with van der Waals surface area (Å²) in [5, 5.41) is 11.3. The summed E-state index contributed by atoms with van der Waals surface area (Å²) in [7, 11) is 0. The fraction of sp³-hybridized carbons (Fsp3) is 0.333. The third-order valence-corrected chi connectivity index (χ3v) is 2.54. The van der Waals surface area contributed by atoms with E-state index >= 15 is 0 Å². The highest BCUT2D eigenvalue weighted by atomic mass is 16.5. The first kappa shape index (κ1) is 15.9. The summed E-state index contributed by atoms with van der Waals surface area (Å²) in [6, 6.07) is 5.28. The van der Waals surface area contributed by atoms with Gasteiger partial charge < -0.3 is 15.2 Å². The van der Waals surface area contributed by atoms with Gasteiger partial charge in [0, 0.05) is 18.4 Å². The van der Waals surface area contributed by atoms with Gasteiger partial charge in [0.05, 0.1) is 0 Å². The second kappa shape index (κ2) is 8.12. The Morgan fingerprint density at radius 2 is 2.15 bits per heavy atom. The van der Waals surface area contributed by atoms with Crippen molar-refractivity contribution in [3.8, 4) is 0 Å². The van der Waals surface area contributed by atoms with E-state index in [1.165, 1.54) is 6.08 Å². The molecule has 2 N–H and O–H groups in total. The Bertz CT molecular complexity index is 509. The van der Waals surface area contributed by atoms with Gasteiger partial charge in [0.15, 0.2) is 0 Å². The predicted octanol–water partition coefficient (Wildman–Crippen LogP) is 2.46. The number of carboxylic acid groups (broad SMARTS) is 1. The van der Waals surface area contributed by atoms with Crippen molar-refractivity contribution >= 4 is 23.6 Å². The average Bonchev–Trinajstić information content (AvgIpc) is 2.38. The number of carbonyl (C=O) groups excluding carboxylic acids is 1. The molecular formula is C15H19NO4. The zero-order valence-corrected chi connectivity index (χ0v) is 11.7. The van der Waals surface area contributed by atoms with Crippen LogP contribution >= 0.6 is 0 Å². The van der Waals surface area contributed by atoms with Crippen LogP contribution in [0.1, 0.15) is 24.5 Å². The number of hydrogen-bond donors (Lipinski definition) is 2. The summed E-state index contributed by atoms with van der Waals surface area (Å²) >= 11 is 0. The molecule has 1 aromatic carbocycles. The lowest BCUT2D eigenvalue weighted by Gasteiger charge is -2.08. The number of rotatable bonds is 7. The number of hydrogen-bond acceptors (Lipinski definition) is 3. The van der Waals surface area contributed by atoms with Crippen molar-refractivity contribution in [2.45, 2.75) is 20.3 Å². The van der Waals surface area contributed by atoms with Crippen molar-refractivity contribution in [2.24, 2.45) is 0 Å². The molecule has 20 heavy (non-hydrogen) atoms. The van der Waals surface area contributed by atoms with Gasteiger partial charge in [0.1, 0.15) is 6.61 Å². The topological polar surface area (TPSA) is 75.6 Å². The minimum Gasteiger partial charge on any atom is -0.478 e. The van der Waals surface area contributed by atoms with Crippen LogP contribution in [0.4, 0.5) is 5.69 Å². The zero-order chi connectivity index (χ0) is 15.0. The van der Waals surface area contributed by atoms with E-state index in [0.29, 0.717) is 12.3 Å². The van der Waals surface area contributed by atoms with Crippen molar-refractivity contribution in [1.29, 1.82) is 0 Å². The second-order valence-electron chi connectivity index (χ2n) is 4.34. The molecule has 5 heteroatoms. The molecule has 0 fully saturated rings. The number of anilines is 1. The molecule has 0 unspecified atom stereocenters. The van der Waals surface area contributed by atoms with Crippen molar-refractivity contribution in [3.05, 3.63) is 35.4 Å². The number of ether oxygens (including phenoxy) is 1. The Morgan fingerprint density at radius 3 is 2.75 bits per heavy atom. The lowest BCUT2D eigenvalue weighted by Crippen LogP contribution is -2.18. The van der Waals surface area contributed by atoms with Gasteiger partial charge in [-0.05, 0) is 42.7 Å². The van der Waals surface area contributed by atoms with Crippen LogP contribution in [0.2, 0.25) is 0 Å². The van der Waals surface area contributed by atoms with Gasteiger partial charge in [-0.15, -0.1) is 0 Å². The maximum atomic E-state index is 11.6. The van der Waals surface area contributed by atoms with Crippen LogP contribution in [-0.2, 0) is 14.3 Å². The van der Waals surface area contributed by atoms with Crippen LogP contribution < -0.4 is 5.32 Å². The molecule has 1 aromatic rings. The Morgan fingerprint density at radius 1 is 1.40 bits per heavy atom. The van der Waals surface area contributed by atoms with Gasteiger partial charge in [-0.2, -0.15) is 0 Å². The highest BCUT2D eigenvalue weighted by Crippen LogP contribution is 2.16. The molecule has 0 aliphatic rings. The molecule has 1 amide bonds. The maximum Gasteiger partial charge on any atom is 0.328 e. The highest BCUT2D eigenvalue weighted by molar-refractivity contribution is 5.92. The molecule has 0 aromatic heterocycles. The Kier molecular flexibility index (Phi) is 6.46. The quantitative estimate of drug-likeness (QED) is 0.593. The van der Waals surface area contributed by atoms with E-state index < -0.39 is 5.97 Å². The summed E-state index contributed by atoms with van der Waals surface area (Å²) in [4.78, 5) is 22.0. The average molecular weight is 277 g/mol. The largest absolute Gasteiger partial charge is 0.478 e. The van der Waals surface area contributed by atoms with E-state index in [0.717, 1.165) is 23.6 Å². The molecule has 0 saturated carbocycles. The van der Waals surface area contributed by atoms with E-state index in [4.69, 9.17) is 9.84 Å². The zero-order valence-electron chi connectivity index (χ0n) is 11.7. The van der Waals surface area contributed by atoms with Gasteiger partial charge in [0.25, 0.3) is 0 Å². The first-order valence-corrected chi connectivity index (χ1v) is 6.42. The second-order valence-corrected chi connectivity index (χ2v) is 4.34. The van der Waals surface area contributed by atoms with Crippen LogP contribution in [0.25, 0.3) is 6.08 Å². The van der Waals surface area contributed by atoms with Crippen LogP contribution in [-0.4, -0.2) is 30.2 Å². The van der Waals surface area contributed by atoms with Gasteiger partial charge >= 0.3 is 5.97 Å². The van der Waals surface area contributed by atoms with Gasteiger partial charge in [0.2, 0.25) is 5.91 Å². The van der Waals surface area contributed by atoms with E-state index in [2.05, 4.69) is 5.32 Å². The molecule has 0 heterocycles. The number of nitrogens with one attached hydrogen (secondary N) is 1. The summed E-state index contributed by atoms with van der Waals surface area (Å²) in [6.07, 6.45) is 3.48. The monoisotopic (exact) mass is 277 g/mol. The van der Waals surface area contributed by atoms with Crippen molar-refractivity contribution in [2.75, 3.05) is 18.5 Å². The molecule has 0 spiro atoms. The molecule has 1 rings (SSSR count). The minimum atomic E-state index is -0.991. The van der Waals surface area contributed by atoms with Gasteiger partial charge in [-0.1, -0.05) is 13.0 Å². The molecule has 5 nitrogen and oxygen atoms in total. The van der Waals surface area contributed by atoms with Crippen LogP contribution in [0.15, 0.2) is 24.3 Å². The highest BCUT2D eigenvalue weighted by Gasteiger charge is 2.04. The van der Waals surface area contributed by atoms with Crippen molar-refractivity contribution < 1.29 is 19.4 Å². The number of aryl methyl sites for hydroxylation is 1. The van der Waals surface area contributed by atoms with Crippen LogP contribution in [0.5, 0.6) is 0 Å². The fourth-order valence-electron chi connectivity index (χ4n) is 1.61.